The predicted molar refractivity (Wildman–Crippen MR) is 78.7 cm³/mol. The lowest BCUT2D eigenvalue weighted by atomic mass is 9.78. The van der Waals surface area contributed by atoms with E-state index >= 15 is 0 Å². The van der Waals surface area contributed by atoms with Crippen LogP contribution in [0.15, 0.2) is 0 Å². The molecule has 4 atom stereocenters. The second-order valence-electron chi connectivity index (χ2n) is 6.30. The number of carbonyl (C=O) groups excluding carboxylic acids is 2. The molecule has 1 aliphatic carbocycles. The Morgan fingerprint density at radius 1 is 1.19 bits per heavy atom. The number of carboxylic acid groups (broad SMARTS) is 1. The van der Waals surface area contributed by atoms with Gasteiger partial charge in [-0.25, -0.2) is 4.79 Å². The van der Waals surface area contributed by atoms with E-state index in [0.29, 0.717) is 11.8 Å². The van der Waals surface area contributed by atoms with Crippen molar-refractivity contribution in [3.63, 3.8) is 0 Å². The fraction of sp³-hybridized carbons (Fsp3) is 0.800. The van der Waals surface area contributed by atoms with Crippen LogP contribution >= 0.6 is 0 Å². The highest BCUT2D eigenvalue weighted by Crippen LogP contribution is 2.29. The van der Waals surface area contributed by atoms with Crippen molar-refractivity contribution in [3.05, 3.63) is 0 Å². The Hall–Kier alpha value is -1.59. The molecule has 6 heteroatoms. The van der Waals surface area contributed by atoms with Gasteiger partial charge in [-0.05, 0) is 24.2 Å². The maximum atomic E-state index is 11.8. The summed E-state index contributed by atoms with van der Waals surface area (Å²) in [5.41, 5.74) is 0. The number of carbonyl (C=O) groups is 3. The Balaban J connectivity index is 2.35. The summed E-state index contributed by atoms with van der Waals surface area (Å²) in [5, 5.41) is 13.8. The number of carboxylic acids is 1. The van der Waals surface area contributed by atoms with Gasteiger partial charge in [-0.3, -0.25) is 14.9 Å². The molecule has 0 spiro atoms. The fourth-order valence-electron chi connectivity index (χ4n) is 2.85. The third kappa shape index (κ3) is 6.14. The van der Waals surface area contributed by atoms with E-state index in [1.807, 2.05) is 0 Å². The van der Waals surface area contributed by atoms with Gasteiger partial charge < -0.3 is 10.4 Å². The number of amides is 3. The van der Waals surface area contributed by atoms with Crippen LogP contribution in [0, 0.1) is 17.8 Å². The summed E-state index contributed by atoms with van der Waals surface area (Å²) in [6, 6.07) is -0.383. The number of imide groups is 1. The van der Waals surface area contributed by atoms with E-state index in [1.54, 1.807) is 6.92 Å². The van der Waals surface area contributed by atoms with Gasteiger partial charge >= 0.3 is 12.0 Å². The topological polar surface area (TPSA) is 95.5 Å². The van der Waals surface area contributed by atoms with Gasteiger partial charge in [-0.2, -0.15) is 0 Å². The molecule has 21 heavy (non-hydrogen) atoms. The molecule has 0 heterocycles. The van der Waals surface area contributed by atoms with Crippen LogP contribution in [0.5, 0.6) is 0 Å². The summed E-state index contributed by atoms with van der Waals surface area (Å²) in [4.78, 5) is 34.0. The SMILES string of the molecule is CC(CC(=O)O)CC(=O)NC(=O)NC1CCCC(C)C1C. The summed E-state index contributed by atoms with van der Waals surface area (Å²) < 4.78 is 0. The lowest BCUT2D eigenvalue weighted by Crippen LogP contribution is -2.49. The Bertz CT molecular complexity index is 397. The molecule has 0 saturated heterocycles. The fourth-order valence-corrected chi connectivity index (χ4v) is 2.85. The number of rotatable bonds is 5. The maximum Gasteiger partial charge on any atom is 0.321 e. The van der Waals surface area contributed by atoms with E-state index < -0.39 is 17.9 Å². The molecule has 0 bridgehead atoms. The van der Waals surface area contributed by atoms with Crippen LogP contribution < -0.4 is 10.6 Å². The van der Waals surface area contributed by atoms with Crippen LogP contribution in [-0.2, 0) is 9.59 Å². The third-order valence-electron chi connectivity index (χ3n) is 4.33. The summed E-state index contributed by atoms with van der Waals surface area (Å²) in [6.45, 7) is 5.97. The van der Waals surface area contributed by atoms with E-state index in [9.17, 15) is 14.4 Å². The van der Waals surface area contributed by atoms with Crippen LogP contribution in [0.25, 0.3) is 0 Å². The number of urea groups is 1. The molecule has 0 radical (unpaired) electrons. The maximum absolute atomic E-state index is 11.8. The Morgan fingerprint density at radius 2 is 1.86 bits per heavy atom. The minimum Gasteiger partial charge on any atom is -0.481 e. The molecule has 1 aliphatic rings. The first kappa shape index (κ1) is 17.5. The van der Waals surface area contributed by atoms with E-state index in [0.717, 1.165) is 12.8 Å². The van der Waals surface area contributed by atoms with Crippen molar-refractivity contribution in [3.8, 4) is 0 Å². The molecule has 1 saturated carbocycles. The molecule has 120 valence electrons. The molecule has 4 unspecified atom stereocenters. The highest BCUT2D eigenvalue weighted by atomic mass is 16.4. The zero-order chi connectivity index (χ0) is 16.0. The molecule has 1 rings (SSSR count). The number of nitrogens with one attached hydrogen (secondary N) is 2. The van der Waals surface area contributed by atoms with E-state index in [2.05, 4.69) is 24.5 Å². The number of aliphatic carboxylic acids is 1. The Kier molecular flexibility index (Phi) is 6.65. The second-order valence-corrected chi connectivity index (χ2v) is 6.30. The van der Waals surface area contributed by atoms with Crippen LogP contribution in [0.1, 0.15) is 52.9 Å². The van der Waals surface area contributed by atoms with E-state index in [4.69, 9.17) is 5.11 Å². The van der Waals surface area contributed by atoms with Gasteiger partial charge in [0.25, 0.3) is 0 Å². The Morgan fingerprint density at radius 3 is 2.48 bits per heavy atom. The summed E-state index contributed by atoms with van der Waals surface area (Å²) in [5.74, 6) is -0.702. The van der Waals surface area contributed by atoms with Crippen molar-refractivity contribution in [1.29, 1.82) is 0 Å². The monoisotopic (exact) mass is 298 g/mol. The van der Waals surface area contributed by atoms with Gasteiger partial charge in [-0.1, -0.05) is 33.6 Å². The minimum atomic E-state index is -0.940. The van der Waals surface area contributed by atoms with Gasteiger partial charge in [0.1, 0.15) is 0 Å². The highest BCUT2D eigenvalue weighted by Gasteiger charge is 2.28. The third-order valence-corrected chi connectivity index (χ3v) is 4.33. The average Bonchev–Trinajstić information content (AvgIpc) is 2.33. The van der Waals surface area contributed by atoms with Crippen LogP contribution in [0.2, 0.25) is 0 Å². The minimum absolute atomic E-state index is 0.0380. The van der Waals surface area contributed by atoms with Crippen molar-refractivity contribution < 1.29 is 19.5 Å². The highest BCUT2D eigenvalue weighted by molar-refractivity contribution is 5.94. The first-order valence-corrected chi connectivity index (χ1v) is 7.61. The largest absolute Gasteiger partial charge is 0.481 e. The first-order chi connectivity index (χ1) is 9.79. The van der Waals surface area contributed by atoms with Crippen molar-refractivity contribution in [2.75, 3.05) is 0 Å². The van der Waals surface area contributed by atoms with Gasteiger partial charge in [0.05, 0.1) is 0 Å². The van der Waals surface area contributed by atoms with Crippen molar-refractivity contribution in [2.24, 2.45) is 17.8 Å². The van der Waals surface area contributed by atoms with Crippen LogP contribution in [0.3, 0.4) is 0 Å². The summed E-state index contributed by atoms with van der Waals surface area (Å²) in [6.07, 6.45) is 3.15. The summed E-state index contributed by atoms with van der Waals surface area (Å²) in [7, 11) is 0. The van der Waals surface area contributed by atoms with Gasteiger partial charge in [0.2, 0.25) is 5.91 Å². The van der Waals surface area contributed by atoms with Crippen molar-refractivity contribution in [1.82, 2.24) is 10.6 Å². The standard InChI is InChI=1S/C15H26N2O4/c1-9(8-14(19)20)7-13(18)17-15(21)16-12-6-4-5-10(2)11(12)3/h9-12H,4-8H2,1-3H3,(H,19,20)(H2,16,17,18,21). The van der Waals surface area contributed by atoms with E-state index in [1.165, 1.54) is 6.42 Å². The van der Waals surface area contributed by atoms with Gasteiger partial charge in [0, 0.05) is 18.9 Å². The number of hydrogen-bond acceptors (Lipinski definition) is 3. The molecule has 6 nitrogen and oxygen atoms in total. The lowest BCUT2D eigenvalue weighted by Gasteiger charge is -2.34. The predicted octanol–water partition coefficient (Wildman–Crippen LogP) is 2.14. The molecular formula is C15H26N2O4. The molecule has 0 aliphatic heterocycles. The molecular weight excluding hydrogens is 272 g/mol. The zero-order valence-corrected chi connectivity index (χ0v) is 13.0. The first-order valence-electron chi connectivity index (χ1n) is 7.61. The molecule has 1 fully saturated rings. The van der Waals surface area contributed by atoms with Gasteiger partial charge in [0.15, 0.2) is 0 Å². The summed E-state index contributed by atoms with van der Waals surface area (Å²) >= 11 is 0. The lowest BCUT2D eigenvalue weighted by molar-refractivity contribution is -0.138. The molecule has 0 aromatic rings. The second kappa shape index (κ2) is 8.00. The number of hydrogen-bond donors (Lipinski definition) is 3. The van der Waals surface area contributed by atoms with Crippen molar-refractivity contribution in [2.45, 2.75) is 58.9 Å². The van der Waals surface area contributed by atoms with Crippen LogP contribution in [0.4, 0.5) is 4.79 Å². The molecule has 0 aromatic carbocycles. The van der Waals surface area contributed by atoms with Crippen molar-refractivity contribution >= 4 is 17.9 Å². The van der Waals surface area contributed by atoms with Gasteiger partial charge in [-0.15, -0.1) is 0 Å². The molecule has 3 N–H and O–H groups in total. The smallest absolute Gasteiger partial charge is 0.321 e. The average molecular weight is 298 g/mol. The molecule has 3 amide bonds. The normalized spacial score (nSPS) is 26.7. The van der Waals surface area contributed by atoms with Crippen LogP contribution in [-0.4, -0.2) is 29.1 Å². The van der Waals surface area contributed by atoms with E-state index in [-0.39, 0.29) is 24.8 Å². The quantitative estimate of drug-likeness (QED) is 0.724. The zero-order valence-electron chi connectivity index (χ0n) is 13.0. The molecule has 0 aromatic heterocycles. The Labute approximate surface area is 125 Å².